The molecule has 0 saturated heterocycles. The van der Waals surface area contributed by atoms with E-state index in [1.165, 1.54) is 24.8 Å². The van der Waals surface area contributed by atoms with E-state index >= 15 is 0 Å². The number of hydrogen-bond acceptors (Lipinski definition) is 2. The van der Waals surface area contributed by atoms with Crippen LogP contribution >= 0.6 is 0 Å². The molecule has 0 amide bonds. The van der Waals surface area contributed by atoms with Crippen molar-refractivity contribution in [2.75, 3.05) is 0 Å². The molecule has 1 aliphatic carbocycles. The van der Waals surface area contributed by atoms with Gasteiger partial charge in [0.05, 0.1) is 6.10 Å². The molecule has 21 heavy (non-hydrogen) atoms. The molecule has 4 unspecified atom stereocenters. The molecule has 0 bridgehead atoms. The standard InChI is InChI=1S/C19H31NO/c1-13(2)21-19-10-7-17(8-11-19)16(5)20-18-9-6-14(3)15(4)12-18/h7-8,10-11,13-16,18,20H,6,9,12H2,1-5H3. The van der Waals surface area contributed by atoms with Crippen molar-refractivity contribution in [3.63, 3.8) is 0 Å². The lowest BCUT2D eigenvalue weighted by molar-refractivity contribution is 0.217. The van der Waals surface area contributed by atoms with Crippen LogP contribution in [0.5, 0.6) is 5.75 Å². The monoisotopic (exact) mass is 289 g/mol. The molecule has 0 heterocycles. The SMILES string of the molecule is CC(C)Oc1ccc(C(C)NC2CCC(C)C(C)C2)cc1. The van der Waals surface area contributed by atoms with Crippen LogP contribution in [-0.2, 0) is 0 Å². The summed E-state index contributed by atoms with van der Waals surface area (Å²) in [6.07, 6.45) is 4.20. The van der Waals surface area contributed by atoms with Gasteiger partial charge in [-0.15, -0.1) is 0 Å². The first kappa shape index (κ1) is 16.4. The van der Waals surface area contributed by atoms with E-state index in [0.717, 1.165) is 17.6 Å². The lowest BCUT2D eigenvalue weighted by atomic mass is 9.79. The number of hydrogen-bond donors (Lipinski definition) is 1. The lowest BCUT2D eigenvalue weighted by Gasteiger charge is -2.34. The van der Waals surface area contributed by atoms with Gasteiger partial charge < -0.3 is 10.1 Å². The third-order valence-electron chi connectivity index (χ3n) is 4.84. The Kier molecular flexibility index (Phi) is 5.69. The van der Waals surface area contributed by atoms with Gasteiger partial charge in [0.15, 0.2) is 0 Å². The van der Waals surface area contributed by atoms with E-state index in [2.05, 4.69) is 64.2 Å². The van der Waals surface area contributed by atoms with Crippen molar-refractivity contribution in [3.05, 3.63) is 29.8 Å². The van der Waals surface area contributed by atoms with Crippen molar-refractivity contribution in [2.45, 2.75) is 72.1 Å². The van der Waals surface area contributed by atoms with Gasteiger partial charge in [-0.1, -0.05) is 26.0 Å². The molecule has 4 atom stereocenters. The summed E-state index contributed by atoms with van der Waals surface area (Å²) in [6.45, 7) is 11.2. The van der Waals surface area contributed by atoms with Gasteiger partial charge in [-0.05, 0) is 69.6 Å². The minimum Gasteiger partial charge on any atom is -0.491 e. The second kappa shape index (κ2) is 7.31. The Morgan fingerprint density at radius 1 is 1.00 bits per heavy atom. The molecule has 0 spiro atoms. The molecule has 0 radical (unpaired) electrons. The largest absolute Gasteiger partial charge is 0.491 e. The number of ether oxygens (including phenoxy) is 1. The van der Waals surface area contributed by atoms with E-state index in [0.29, 0.717) is 12.1 Å². The summed E-state index contributed by atoms with van der Waals surface area (Å²) in [6, 6.07) is 9.61. The van der Waals surface area contributed by atoms with E-state index in [-0.39, 0.29) is 6.10 Å². The van der Waals surface area contributed by atoms with E-state index in [9.17, 15) is 0 Å². The molecule has 1 aliphatic rings. The molecule has 1 fully saturated rings. The van der Waals surface area contributed by atoms with Crippen LogP contribution < -0.4 is 10.1 Å². The van der Waals surface area contributed by atoms with Gasteiger partial charge in [0.25, 0.3) is 0 Å². The summed E-state index contributed by atoms with van der Waals surface area (Å²) in [5.74, 6) is 2.68. The van der Waals surface area contributed by atoms with E-state index in [1.807, 2.05) is 0 Å². The van der Waals surface area contributed by atoms with Gasteiger partial charge >= 0.3 is 0 Å². The van der Waals surface area contributed by atoms with Crippen molar-refractivity contribution in [1.29, 1.82) is 0 Å². The normalized spacial score (nSPS) is 27.6. The third-order valence-corrected chi connectivity index (χ3v) is 4.84. The summed E-state index contributed by atoms with van der Waals surface area (Å²) in [5.41, 5.74) is 1.34. The highest BCUT2D eigenvalue weighted by molar-refractivity contribution is 5.29. The predicted octanol–water partition coefficient (Wildman–Crippen LogP) is 4.95. The number of nitrogens with one attached hydrogen (secondary N) is 1. The highest BCUT2D eigenvalue weighted by Crippen LogP contribution is 2.30. The van der Waals surface area contributed by atoms with Gasteiger partial charge in [0.2, 0.25) is 0 Å². The van der Waals surface area contributed by atoms with Crippen molar-refractivity contribution >= 4 is 0 Å². The van der Waals surface area contributed by atoms with E-state index in [4.69, 9.17) is 4.74 Å². The lowest BCUT2D eigenvalue weighted by Crippen LogP contribution is -2.37. The fraction of sp³-hybridized carbons (Fsp3) is 0.684. The van der Waals surface area contributed by atoms with E-state index in [1.54, 1.807) is 0 Å². The van der Waals surface area contributed by atoms with Crippen molar-refractivity contribution < 1.29 is 4.74 Å². The van der Waals surface area contributed by atoms with Crippen LogP contribution in [0, 0.1) is 11.8 Å². The average molecular weight is 289 g/mol. The van der Waals surface area contributed by atoms with Crippen LogP contribution in [0.4, 0.5) is 0 Å². The maximum absolute atomic E-state index is 5.70. The Morgan fingerprint density at radius 3 is 2.24 bits per heavy atom. The summed E-state index contributed by atoms with van der Waals surface area (Å²) in [7, 11) is 0. The smallest absolute Gasteiger partial charge is 0.119 e. The minimum absolute atomic E-state index is 0.233. The predicted molar refractivity (Wildman–Crippen MR) is 89.7 cm³/mol. The molecule has 1 N–H and O–H groups in total. The van der Waals surface area contributed by atoms with Crippen LogP contribution in [0.25, 0.3) is 0 Å². The minimum atomic E-state index is 0.233. The van der Waals surface area contributed by atoms with Gasteiger partial charge in [-0.3, -0.25) is 0 Å². The van der Waals surface area contributed by atoms with Gasteiger partial charge in [-0.25, -0.2) is 0 Å². The summed E-state index contributed by atoms with van der Waals surface area (Å²) in [5, 5.41) is 3.81. The van der Waals surface area contributed by atoms with Crippen LogP contribution in [0.3, 0.4) is 0 Å². The maximum atomic E-state index is 5.70. The average Bonchev–Trinajstić information content (AvgIpc) is 2.43. The van der Waals surface area contributed by atoms with Crippen LogP contribution in [0.2, 0.25) is 0 Å². The van der Waals surface area contributed by atoms with Gasteiger partial charge in [-0.2, -0.15) is 0 Å². The van der Waals surface area contributed by atoms with Gasteiger partial charge in [0, 0.05) is 12.1 Å². The van der Waals surface area contributed by atoms with Crippen molar-refractivity contribution in [1.82, 2.24) is 5.32 Å². The highest BCUT2D eigenvalue weighted by atomic mass is 16.5. The Morgan fingerprint density at radius 2 is 1.67 bits per heavy atom. The second-order valence-corrected chi connectivity index (χ2v) is 7.09. The Labute approximate surface area is 130 Å². The molecular formula is C19H31NO. The first-order chi connectivity index (χ1) is 9.95. The van der Waals surface area contributed by atoms with Crippen LogP contribution in [0.15, 0.2) is 24.3 Å². The molecule has 1 aromatic rings. The highest BCUT2D eigenvalue weighted by Gasteiger charge is 2.25. The molecule has 2 heteroatoms. The fourth-order valence-electron chi connectivity index (χ4n) is 3.26. The topological polar surface area (TPSA) is 21.3 Å². The van der Waals surface area contributed by atoms with Crippen LogP contribution in [0.1, 0.15) is 65.5 Å². The summed E-state index contributed by atoms with van der Waals surface area (Å²) >= 11 is 0. The molecule has 2 nitrogen and oxygen atoms in total. The fourth-order valence-corrected chi connectivity index (χ4v) is 3.26. The van der Waals surface area contributed by atoms with Crippen LogP contribution in [-0.4, -0.2) is 12.1 Å². The van der Waals surface area contributed by atoms with Crippen molar-refractivity contribution in [3.8, 4) is 5.75 Å². The second-order valence-electron chi connectivity index (χ2n) is 7.09. The third kappa shape index (κ3) is 4.74. The number of benzene rings is 1. The maximum Gasteiger partial charge on any atom is 0.119 e. The zero-order valence-corrected chi connectivity index (χ0v) is 14.2. The summed E-state index contributed by atoms with van der Waals surface area (Å²) < 4.78 is 5.70. The molecule has 1 saturated carbocycles. The Balaban J connectivity index is 1.89. The van der Waals surface area contributed by atoms with Gasteiger partial charge in [0.1, 0.15) is 5.75 Å². The van der Waals surface area contributed by atoms with E-state index < -0.39 is 0 Å². The molecule has 118 valence electrons. The number of rotatable bonds is 5. The molecular weight excluding hydrogens is 258 g/mol. The molecule has 2 rings (SSSR count). The first-order valence-electron chi connectivity index (χ1n) is 8.48. The Bertz CT molecular complexity index is 426. The first-order valence-corrected chi connectivity index (χ1v) is 8.48. The summed E-state index contributed by atoms with van der Waals surface area (Å²) in [4.78, 5) is 0. The Hall–Kier alpha value is -1.02. The molecule has 1 aromatic carbocycles. The molecule has 0 aromatic heterocycles. The zero-order chi connectivity index (χ0) is 15.4. The zero-order valence-electron chi connectivity index (χ0n) is 14.2. The van der Waals surface area contributed by atoms with Crippen molar-refractivity contribution in [2.24, 2.45) is 11.8 Å². The molecule has 0 aliphatic heterocycles. The quantitative estimate of drug-likeness (QED) is 0.828.